The lowest BCUT2D eigenvalue weighted by Crippen LogP contribution is -2.48. The van der Waals surface area contributed by atoms with Crippen LogP contribution in [0.1, 0.15) is 187 Å². The maximum absolute atomic E-state index is 12.4. The lowest BCUT2D eigenvalue weighted by Gasteiger charge is -2.21. The Morgan fingerprint density at radius 2 is 0.959 bits per heavy atom. The Bertz CT molecular complexity index is 846. The fraction of sp³-hybridized carbons (Fsp3) is 0.750. The molecule has 284 valence electrons. The molecule has 5 nitrogen and oxygen atoms in total. The van der Waals surface area contributed by atoms with Crippen LogP contribution >= 0.6 is 0 Å². The summed E-state index contributed by atoms with van der Waals surface area (Å²) in [6.07, 6.45) is 51.0. The molecule has 0 aromatic carbocycles. The molecular formula is C44H79NO4. The van der Waals surface area contributed by atoms with Crippen molar-refractivity contribution in [3.63, 3.8) is 0 Å². The minimum absolute atomic E-state index is 0.383. The van der Waals surface area contributed by atoms with E-state index in [1.807, 2.05) is 6.08 Å². The Hall–Kier alpha value is -1.95. The summed E-state index contributed by atoms with van der Waals surface area (Å²) in [7, 11) is 0. The van der Waals surface area contributed by atoms with Crippen LogP contribution in [0, 0.1) is 0 Å². The first-order valence-corrected chi connectivity index (χ1v) is 20.6. The first-order valence-electron chi connectivity index (χ1n) is 20.6. The third-order valence-corrected chi connectivity index (χ3v) is 9.07. The molecule has 1 amide bonds. The first-order chi connectivity index (χ1) is 24.1. The number of aliphatic hydroxyl groups excluding tert-OH is 3. The molecule has 0 heterocycles. The second kappa shape index (κ2) is 38.8. The van der Waals surface area contributed by atoms with Gasteiger partial charge in [0.25, 0.3) is 0 Å². The topological polar surface area (TPSA) is 89.8 Å². The quantitative estimate of drug-likeness (QED) is 0.0390. The number of hydrogen-bond acceptors (Lipinski definition) is 4. The van der Waals surface area contributed by atoms with Crippen molar-refractivity contribution >= 4 is 5.91 Å². The molecule has 0 fully saturated rings. The van der Waals surface area contributed by atoms with Crippen molar-refractivity contribution in [2.24, 2.45) is 0 Å². The van der Waals surface area contributed by atoms with E-state index in [0.29, 0.717) is 6.42 Å². The average Bonchev–Trinajstić information content (AvgIpc) is 3.11. The summed E-state index contributed by atoms with van der Waals surface area (Å²) in [6.45, 7) is 4.04. The Kier molecular flexibility index (Phi) is 37.3. The summed E-state index contributed by atoms with van der Waals surface area (Å²) < 4.78 is 0. The van der Waals surface area contributed by atoms with Gasteiger partial charge in [0, 0.05) is 0 Å². The Morgan fingerprint density at radius 1 is 0.531 bits per heavy atom. The van der Waals surface area contributed by atoms with Crippen LogP contribution in [-0.4, -0.2) is 46.1 Å². The van der Waals surface area contributed by atoms with Gasteiger partial charge in [-0.25, -0.2) is 0 Å². The number of hydrogen-bond donors (Lipinski definition) is 4. The van der Waals surface area contributed by atoms with Crippen molar-refractivity contribution in [2.75, 3.05) is 6.61 Å². The SMILES string of the molecule is CC/C=C\C/C=C\CCCCCCCCCCCCCCCC(O)C(=O)NC(CO)C(O)/C=C/CC/C=C/CC/C=C/CCCCCCC. The predicted octanol–water partition coefficient (Wildman–Crippen LogP) is 11.5. The van der Waals surface area contributed by atoms with Crippen molar-refractivity contribution in [3.05, 3.63) is 60.8 Å². The molecule has 0 aromatic heterocycles. The molecule has 5 heteroatoms. The zero-order chi connectivity index (χ0) is 35.9. The molecule has 0 aromatic rings. The van der Waals surface area contributed by atoms with Gasteiger partial charge in [-0.3, -0.25) is 4.79 Å². The molecule has 0 saturated heterocycles. The summed E-state index contributed by atoms with van der Waals surface area (Å²) >= 11 is 0. The number of amides is 1. The van der Waals surface area contributed by atoms with E-state index in [-0.39, 0.29) is 6.61 Å². The first kappa shape index (κ1) is 47.0. The summed E-state index contributed by atoms with van der Waals surface area (Å²) in [6, 6.07) is -0.822. The Labute approximate surface area is 303 Å². The lowest BCUT2D eigenvalue weighted by atomic mass is 10.0. The van der Waals surface area contributed by atoms with Gasteiger partial charge in [0.2, 0.25) is 5.91 Å². The van der Waals surface area contributed by atoms with Crippen LogP contribution < -0.4 is 5.32 Å². The lowest BCUT2D eigenvalue weighted by molar-refractivity contribution is -0.131. The molecule has 3 atom stereocenters. The fourth-order valence-corrected chi connectivity index (χ4v) is 5.84. The van der Waals surface area contributed by atoms with Gasteiger partial charge in [-0.05, 0) is 70.6 Å². The molecule has 4 N–H and O–H groups in total. The van der Waals surface area contributed by atoms with Crippen LogP contribution in [0.4, 0.5) is 0 Å². The number of allylic oxidation sites excluding steroid dienone is 9. The van der Waals surface area contributed by atoms with Gasteiger partial charge in [-0.15, -0.1) is 0 Å². The summed E-state index contributed by atoms with van der Waals surface area (Å²) in [5.41, 5.74) is 0. The van der Waals surface area contributed by atoms with Crippen molar-refractivity contribution < 1.29 is 20.1 Å². The van der Waals surface area contributed by atoms with Gasteiger partial charge in [0.1, 0.15) is 6.10 Å². The fourth-order valence-electron chi connectivity index (χ4n) is 5.84. The molecular weight excluding hydrogens is 606 g/mol. The van der Waals surface area contributed by atoms with E-state index in [2.05, 4.69) is 67.8 Å². The molecule has 49 heavy (non-hydrogen) atoms. The zero-order valence-electron chi connectivity index (χ0n) is 32.1. The second-order valence-electron chi connectivity index (χ2n) is 13.8. The maximum atomic E-state index is 12.4. The summed E-state index contributed by atoms with van der Waals surface area (Å²) in [4.78, 5) is 12.4. The van der Waals surface area contributed by atoms with Crippen LogP contribution in [0.15, 0.2) is 60.8 Å². The number of aliphatic hydroxyl groups is 3. The van der Waals surface area contributed by atoms with Crippen LogP contribution in [0.5, 0.6) is 0 Å². The minimum Gasteiger partial charge on any atom is -0.394 e. The molecule has 0 bridgehead atoms. The van der Waals surface area contributed by atoms with E-state index < -0.39 is 24.2 Å². The number of unbranched alkanes of at least 4 members (excludes halogenated alkanes) is 20. The van der Waals surface area contributed by atoms with Crippen LogP contribution in [0.25, 0.3) is 0 Å². The highest BCUT2D eigenvalue weighted by atomic mass is 16.3. The van der Waals surface area contributed by atoms with Crippen molar-refractivity contribution in [1.82, 2.24) is 5.32 Å². The Morgan fingerprint density at radius 3 is 1.47 bits per heavy atom. The van der Waals surface area contributed by atoms with E-state index >= 15 is 0 Å². The van der Waals surface area contributed by atoms with E-state index in [1.165, 1.54) is 109 Å². The van der Waals surface area contributed by atoms with Gasteiger partial charge in [0.05, 0.1) is 18.8 Å². The van der Waals surface area contributed by atoms with Crippen LogP contribution in [-0.2, 0) is 4.79 Å². The normalized spacial score (nSPS) is 14.3. The minimum atomic E-state index is -1.11. The molecule has 0 rings (SSSR count). The van der Waals surface area contributed by atoms with Gasteiger partial charge in [0.15, 0.2) is 0 Å². The molecule has 0 radical (unpaired) electrons. The number of nitrogens with one attached hydrogen (secondary N) is 1. The molecule has 0 aliphatic carbocycles. The van der Waals surface area contributed by atoms with Gasteiger partial charge >= 0.3 is 0 Å². The third-order valence-electron chi connectivity index (χ3n) is 9.07. The highest BCUT2D eigenvalue weighted by Gasteiger charge is 2.22. The van der Waals surface area contributed by atoms with Crippen LogP contribution in [0.3, 0.4) is 0 Å². The zero-order valence-corrected chi connectivity index (χ0v) is 32.1. The summed E-state index contributed by atoms with van der Waals surface area (Å²) in [5.74, 6) is -0.521. The smallest absolute Gasteiger partial charge is 0.249 e. The standard InChI is InChI=1S/C44H79NO4/c1-3-5-7-9-11-13-15-17-19-20-21-22-23-25-27-29-31-33-35-37-39-43(48)44(49)45-41(40-46)42(47)38-36-34-32-30-28-26-24-18-16-14-12-10-8-6-4-2/h5,7,11,13,16,18,28,30,36,38,41-43,46-48H,3-4,6,8-10,12,14-15,17,19-27,29,31-35,37,39-40H2,1-2H3,(H,45,49)/b7-5-,13-11-,18-16+,30-28+,38-36+. The molecule has 0 spiro atoms. The van der Waals surface area contributed by atoms with E-state index in [1.54, 1.807) is 6.08 Å². The monoisotopic (exact) mass is 686 g/mol. The molecule has 3 unspecified atom stereocenters. The van der Waals surface area contributed by atoms with E-state index in [9.17, 15) is 20.1 Å². The molecule has 0 saturated carbocycles. The van der Waals surface area contributed by atoms with Crippen molar-refractivity contribution in [3.8, 4) is 0 Å². The van der Waals surface area contributed by atoms with Crippen molar-refractivity contribution in [1.29, 1.82) is 0 Å². The largest absolute Gasteiger partial charge is 0.394 e. The van der Waals surface area contributed by atoms with E-state index in [0.717, 1.165) is 57.8 Å². The molecule has 0 aliphatic heterocycles. The van der Waals surface area contributed by atoms with Gasteiger partial charge in [-0.2, -0.15) is 0 Å². The number of carbonyl (C=O) groups excluding carboxylic acids is 1. The number of rotatable bonds is 36. The summed E-state index contributed by atoms with van der Waals surface area (Å²) in [5, 5.41) is 33.0. The van der Waals surface area contributed by atoms with Gasteiger partial charge < -0.3 is 20.6 Å². The highest BCUT2D eigenvalue weighted by Crippen LogP contribution is 2.14. The van der Waals surface area contributed by atoms with Gasteiger partial charge in [-0.1, -0.05) is 177 Å². The average molecular weight is 686 g/mol. The Balaban J connectivity index is 3.75. The maximum Gasteiger partial charge on any atom is 0.249 e. The predicted molar refractivity (Wildman–Crippen MR) is 213 cm³/mol. The van der Waals surface area contributed by atoms with Crippen LogP contribution in [0.2, 0.25) is 0 Å². The highest BCUT2D eigenvalue weighted by molar-refractivity contribution is 5.80. The van der Waals surface area contributed by atoms with Crippen molar-refractivity contribution in [2.45, 2.75) is 205 Å². The van der Waals surface area contributed by atoms with E-state index in [4.69, 9.17) is 0 Å². The third kappa shape index (κ3) is 34.3. The second-order valence-corrected chi connectivity index (χ2v) is 13.8. The number of carbonyl (C=O) groups is 1. The molecule has 0 aliphatic rings.